The molecular weight excluding hydrogens is 318 g/mol. The molecule has 0 aliphatic rings. The number of carbonyl (C=O) groups excluding carboxylic acids is 1. The van der Waals surface area contributed by atoms with E-state index in [2.05, 4.69) is 21.2 Å². The van der Waals surface area contributed by atoms with Crippen molar-refractivity contribution in [1.29, 1.82) is 0 Å². The minimum Gasteiger partial charge on any atom is -0.494 e. The van der Waals surface area contributed by atoms with Gasteiger partial charge in [0.15, 0.2) is 0 Å². The molecule has 0 saturated heterocycles. The average molecular weight is 334 g/mol. The Kier molecular flexibility index (Phi) is 5.18. The van der Waals surface area contributed by atoms with Crippen molar-refractivity contribution >= 4 is 27.5 Å². The summed E-state index contributed by atoms with van der Waals surface area (Å²) < 4.78 is 6.41. The number of anilines is 1. The number of benzene rings is 2. The van der Waals surface area contributed by atoms with Gasteiger partial charge in [-0.3, -0.25) is 4.79 Å². The number of hydrogen-bond donors (Lipinski definition) is 1. The summed E-state index contributed by atoms with van der Waals surface area (Å²) in [5.41, 5.74) is 1.73. The zero-order valence-electron chi connectivity index (χ0n) is 11.2. The van der Waals surface area contributed by atoms with Crippen LogP contribution in [0.3, 0.4) is 0 Å². The lowest BCUT2D eigenvalue weighted by Gasteiger charge is -2.08. The number of amides is 1. The first-order chi connectivity index (χ1) is 9.67. The molecule has 0 aliphatic heterocycles. The highest BCUT2D eigenvalue weighted by Gasteiger charge is 2.05. The number of hydrogen-bond acceptors (Lipinski definition) is 2. The second kappa shape index (κ2) is 7.10. The summed E-state index contributed by atoms with van der Waals surface area (Å²) in [5.74, 6) is 0.718. The van der Waals surface area contributed by atoms with Crippen LogP contribution in [0.5, 0.6) is 5.75 Å². The Bertz CT molecular complexity index is 581. The van der Waals surface area contributed by atoms with E-state index in [0.29, 0.717) is 13.0 Å². The normalized spacial score (nSPS) is 10.1. The molecule has 2 rings (SSSR count). The topological polar surface area (TPSA) is 38.3 Å². The van der Waals surface area contributed by atoms with Gasteiger partial charge in [-0.15, -0.1) is 0 Å². The molecule has 4 heteroatoms. The maximum atomic E-state index is 12.0. The summed E-state index contributed by atoms with van der Waals surface area (Å²) in [5, 5.41) is 2.87. The smallest absolute Gasteiger partial charge is 0.228 e. The summed E-state index contributed by atoms with van der Waals surface area (Å²) in [6.07, 6.45) is 0.353. The minimum atomic E-state index is -0.0408. The van der Waals surface area contributed by atoms with Gasteiger partial charge in [0.05, 0.1) is 13.0 Å². The van der Waals surface area contributed by atoms with E-state index in [9.17, 15) is 4.79 Å². The molecule has 20 heavy (non-hydrogen) atoms. The fraction of sp³-hybridized carbons (Fsp3) is 0.188. The van der Waals surface area contributed by atoms with Crippen molar-refractivity contribution in [3.05, 3.63) is 58.6 Å². The third kappa shape index (κ3) is 4.38. The molecule has 2 aromatic carbocycles. The van der Waals surface area contributed by atoms with E-state index in [0.717, 1.165) is 21.5 Å². The van der Waals surface area contributed by atoms with Gasteiger partial charge >= 0.3 is 0 Å². The Morgan fingerprint density at radius 1 is 1.20 bits per heavy atom. The number of carbonyl (C=O) groups is 1. The number of nitrogens with one attached hydrogen (secondary N) is 1. The highest BCUT2D eigenvalue weighted by Crippen LogP contribution is 2.18. The first kappa shape index (κ1) is 14.6. The van der Waals surface area contributed by atoms with Crippen LogP contribution in [0.1, 0.15) is 12.5 Å². The number of ether oxygens (including phenoxy) is 1. The third-order valence-electron chi connectivity index (χ3n) is 2.71. The maximum absolute atomic E-state index is 12.0. The molecule has 0 heterocycles. The van der Waals surface area contributed by atoms with Crippen molar-refractivity contribution in [2.24, 2.45) is 0 Å². The van der Waals surface area contributed by atoms with Gasteiger partial charge in [-0.25, -0.2) is 0 Å². The fourth-order valence-corrected chi connectivity index (χ4v) is 2.09. The molecular formula is C16H16BrNO2. The number of rotatable bonds is 5. The summed E-state index contributed by atoms with van der Waals surface area (Å²) >= 11 is 3.37. The Hall–Kier alpha value is -1.81. The third-order valence-corrected chi connectivity index (χ3v) is 3.24. The summed E-state index contributed by atoms with van der Waals surface area (Å²) in [7, 11) is 0. The molecule has 3 nitrogen and oxygen atoms in total. The van der Waals surface area contributed by atoms with Gasteiger partial charge in [0.2, 0.25) is 5.91 Å². The minimum absolute atomic E-state index is 0.0408. The lowest BCUT2D eigenvalue weighted by atomic mass is 10.1. The Morgan fingerprint density at radius 2 is 1.95 bits per heavy atom. The highest BCUT2D eigenvalue weighted by atomic mass is 79.9. The van der Waals surface area contributed by atoms with Crippen LogP contribution < -0.4 is 10.1 Å². The van der Waals surface area contributed by atoms with Gasteiger partial charge in [-0.05, 0) is 36.8 Å². The van der Waals surface area contributed by atoms with E-state index in [-0.39, 0.29) is 5.91 Å². The summed E-state index contributed by atoms with van der Waals surface area (Å²) in [6, 6.07) is 15.1. The van der Waals surface area contributed by atoms with Crippen LogP contribution in [0.2, 0.25) is 0 Å². The first-order valence-corrected chi connectivity index (χ1v) is 7.24. The summed E-state index contributed by atoms with van der Waals surface area (Å²) in [6.45, 7) is 2.54. The van der Waals surface area contributed by atoms with Crippen LogP contribution in [0, 0.1) is 0 Å². The van der Waals surface area contributed by atoms with Crippen molar-refractivity contribution in [3.8, 4) is 5.75 Å². The van der Waals surface area contributed by atoms with Crippen molar-refractivity contribution in [2.45, 2.75) is 13.3 Å². The molecule has 0 saturated carbocycles. The molecule has 0 radical (unpaired) electrons. The quantitative estimate of drug-likeness (QED) is 0.897. The lowest BCUT2D eigenvalue weighted by molar-refractivity contribution is -0.115. The Morgan fingerprint density at radius 3 is 2.65 bits per heavy atom. The van der Waals surface area contributed by atoms with E-state index in [1.807, 2.05) is 55.5 Å². The van der Waals surface area contributed by atoms with Gasteiger partial charge in [0, 0.05) is 16.2 Å². The molecule has 0 aromatic heterocycles. The van der Waals surface area contributed by atoms with Crippen molar-refractivity contribution < 1.29 is 9.53 Å². The van der Waals surface area contributed by atoms with Gasteiger partial charge in [-0.1, -0.05) is 34.1 Å². The van der Waals surface area contributed by atoms with Crippen molar-refractivity contribution in [3.63, 3.8) is 0 Å². The molecule has 0 atom stereocenters. The molecule has 0 unspecified atom stereocenters. The maximum Gasteiger partial charge on any atom is 0.228 e. The zero-order valence-corrected chi connectivity index (χ0v) is 12.8. The highest BCUT2D eigenvalue weighted by molar-refractivity contribution is 9.10. The molecule has 0 spiro atoms. The van der Waals surface area contributed by atoms with Crippen LogP contribution in [0.25, 0.3) is 0 Å². The van der Waals surface area contributed by atoms with Crippen LogP contribution in [-0.4, -0.2) is 12.5 Å². The van der Waals surface area contributed by atoms with E-state index in [4.69, 9.17) is 4.74 Å². The fourth-order valence-electron chi connectivity index (χ4n) is 1.82. The van der Waals surface area contributed by atoms with Gasteiger partial charge in [0.25, 0.3) is 0 Å². The van der Waals surface area contributed by atoms with Gasteiger partial charge in [0.1, 0.15) is 5.75 Å². The van der Waals surface area contributed by atoms with Crippen molar-refractivity contribution in [1.82, 2.24) is 0 Å². The van der Waals surface area contributed by atoms with Crippen LogP contribution in [0.4, 0.5) is 5.69 Å². The lowest BCUT2D eigenvalue weighted by Crippen LogP contribution is -2.14. The largest absolute Gasteiger partial charge is 0.494 e. The standard InChI is InChI=1S/C16H16BrNO2/c1-2-20-15-5-3-4-14(11-15)18-16(19)10-12-6-8-13(17)9-7-12/h3-9,11H,2,10H2,1H3,(H,18,19). The molecule has 2 aromatic rings. The molecule has 0 bridgehead atoms. The van der Waals surface area contributed by atoms with E-state index < -0.39 is 0 Å². The molecule has 0 aliphatic carbocycles. The molecule has 1 N–H and O–H groups in total. The second-order valence-corrected chi connectivity index (χ2v) is 5.23. The monoisotopic (exact) mass is 333 g/mol. The number of halogens is 1. The van der Waals surface area contributed by atoms with E-state index >= 15 is 0 Å². The molecule has 104 valence electrons. The van der Waals surface area contributed by atoms with Gasteiger partial charge < -0.3 is 10.1 Å². The van der Waals surface area contributed by atoms with Crippen LogP contribution in [-0.2, 0) is 11.2 Å². The van der Waals surface area contributed by atoms with Crippen LogP contribution in [0.15, 0.2) is 53.0 Å². The average Bonchev–Trinajstić information content (AvgIpc) is 2.42. The van der Waals surface area contributed by atoms with Crippen LogP contribution >= 0.6 is 15.9 Å². The Balaban J connectivity index is 1.97. The van der Waals surface area contributed by atoms with E-state index in [1.165, 1.54) is 0 Å². The second-order valence-electron chi connectivity index (χ2n) is 4.31. The summed E-state index contributed by atoms with van der Waals surface area (Å²) in [4.78, 5) is 12.0. The molecule has 1 amide bonds. The SMILES string of the molecule is CCOc1cccc(NC(=O)Cc2ccc(Br)cc2)c1. The van der Waals surface area contributed by atoms with Gasteiger partial charge in [-0.2, -0.15) is 0 Å². The predicted molar refractivity (Wildman–Crippen MR) is 84.1 cm³/mol. The Labute approximate surface area is 127 Å². The predicted octanol–water partition coefficient (Wildman–Crippen LogP) is 4.03. The first-order valence-electron chi connectivity index (χ1n) is 6.44. The van der Waals surface area contributed by atoms with Crippen molar-refractivity contribution in [2.75, 3.05) is 11.9 Å². The molecule has 0 fully saturated rings. The van der Waals surface area contributed by atoms with E-state index in [1.54, 1.807) is 0 Å². The zero-order chi connectivity index (χ0) is 14.4.